The molecule has 8 heteroatoms. The van der Waals surface area contributed by atoms with E-state index in [4.69, 9.17) is 14.2 Å². The van der Waals surface area contributed by atoms with Gasteiger partial charge in [0.25, 0.3) is 0 Å². The molecule has 0 aliphatic rings. The Hall–Kier alpha value is -2.09. The summed E-state index contributed by atoms with van der Waals surface area (Å²) in [5.41, 5.74) is 0.850. The quantitative estimate of drug-likeness (QED) is 0.0490. The molecule has 240 valence electrons. The van der Waals surface area contributed by atoms with Gasteiger partial charge in [-0.05, 0) is 17.9 Å². The van der Waals surface area contributed by atoms with E-state index in [0.29, 0.717) is 11.8 Å². The number of carbonyl (C=O) groups is 3. The van der Waals surface area contributed by atoms with Crippen LogP contribution in [0, 0.1) is 5.92 Å². The molecule has 1 rings (SSSR count). The zero-order chi connectivity index (χ0) is 30.8. The van der Waals surface area contributed by atoms with Crippen LogP contribution in [0.2, 0.25) is 0 Å². The third-order valence-corrected chi connectivity index (χ3v) is 8.00. The highest BCUT2D eigenvalue weighted by atomic mass is 79.9. The number of nitrogens with one attached hydrogen (secondary N) is 1. The van der Waals surface area contributed by atoms with Crippen LogP contribution in [0.25, 0.3) is 0 Å². The summed E-state index contributed by atoms with van der Waals surface area (Å²) in [5, 5.41) is 2.94. The molecular weight excluding hydrogens is 598 g/mol. The maximum atomic E-state index is 12.7. The van der Waals surface area contributed by atoms with Gasteiger partial charge >= 0.3 is 18.0 Å². The summed E-state index contributed by atoms with van der Waals surface area (Å²) in [7, 11) is 0. The lowest BCUT2D eigenvalue weighted by molar-refractivity contribution is -0.159. The van der Waals surface area contributed by atoms with Crippen LogP contribution in [-0.2, 0) is 30.4 Å². The number of amides is 1. The van der Waals surface area contributed by atoms with Gasteiger partial charge in [0, 0.05) is 11.8 Å². The summed E-state index contributed by atoms with van der Waals surface area (Å²) in [6.45, 7) is 5.90. The second-order valence-electron chi connectivity index (χ2n) is 11.5. The fraction of sp³-hybridized carbons (Fsp3) is 0.735. The minimum absolute atomic E-state index is 0.0847. The third-order valence-electron chi connectivity index (χ3n) is 7.27. The largest absolute Gasteiger partial charge is 0.460 e. The van der Waals surface area contributed by atoms with Crippen molar-refractivity contribution in [2.75, 3.05) is 11.9 Å². The highest BCUT2D eigenvalue weighted by Gasteiger charge is 2.27. The number of ether oxygens (including phenoxy) is 3. The Morgan fingerprint density at radius 3 is 1.79 bits per heavy atom. The molecule has 0 fully saturated rings. The molecule has 2 atom stereocenters. The van der Waals surface area contributed by atoms with Crippen molar-refractivity contribution in [2.24, 2.45) is 5.92 Å². The van der Waals surface area contributed by atoms with E-state index >= 15 is 0 Å². The number of halogens is 1. The second-order valence-corrected chi connectivity index (χ2v) is 12.2. The predicted molar refractivity (Wildman–Crippen MR) is 173 cm³/mol. The highest BCUT2D eigenvalue weighted by molar-refractivity contribution is 9.09. The Morgan fingerprint density at radius 1 is 0.762 bits per heavy atom. The van der Waals surface area contributed by atoms with Crippen LogP contribution in [0.1, 0.15) is 129 Å². The van der Waals surface area contributed by atoms with Crippen molar-refractivity contribution in [3.8, 4) is 0 Å². The van der Waals surface area contributed by atoms with E-state index in [0.717, 1.165) is 24.8 Å². The first kappa shape index (κ1) is 37.9. The van der Waals surface area contributed by atoms with E-state index in [1.165, 1.54) is 77.0 Å². The van der Waals surface area contributed by atoms with Gasteiger partial charge in [-0.3, -0.25) is 4.79 Å². The summed E-state index contributed by atoms with van der Waals surface area (Å²) in [6, 6.07) is 8.43. The molecule has 0 saturated heterocycles. The number of alkyl halides is 1. The van der Waals surface area contributed by atoms with Crippen LogP contribution in [0.4, 0.5) is 4.79 Å². The molecule has 1 unspecified atom stereocenters. The van der Waals surface area contributed by atoms with Gasteiger partial charge < -0.3 is 19.5 Å². The Balaban J connectivity index is 2.14. The van der Waals surface area contributed by atoms with E-state index in [9.17, 15) is 14.4 Å². The zero-order valence-electron chi connectivity index (χ0n) is 26.4. The van der Waals surface area contributed by atoms with Gasteiger partial charge in [0.05, 0.1) is 0 Å². The first-order valence-electron chi connectivity index (χ1n) is 16.3. The van der Waals surface area contributed by atoms with Crippen molar-refractivity contribution < 1.29 is 28.6 Å². The number of carbonyl (C=O) groups excluding carboxylic acids is 3. The van der Waals surface area contributed by atoms with Crippen LogP contribution in [-0.4, -0.2) is 42.1 Å². The van der Waals surface area contributed by atoms with Crippen LogP contribution >= 0.6 is 15.9 Å². The number of alkyl carbamates (subject to hydrolysis) is 1. The highest BCUT2D eigenvalue weighted by Crippen LogP contribution is 2.14. The SMILES string of the molecule is CCCCCCCCCCCCCCCCCC(=O)OC(CBr)COC(=O)[C@@H](NC(=O)OCc1ccccc1)C(C)C. The summed E-state index contributed by atoms with van der Waals surface area (Å²) in [5.74, 6) is -1.09. The van der Waals surface area contributed by atoms with E-state index in [-0.39, 0.29) is 25.1 Å². The molecule has 0 aliphatic heterocycles. The first-order chi connectivity index (χ1) is 20.4. The van der Waals surface area contributed by atoms with Crippen molar-refractivity contribution in [2.45, 2.75) is 142 Å². The van der Waals surface area contributed by atoms with Crippen LogP contribution in [0.15, 0.2) is 30.3 Å². The van der Waals surface area contributed by atoms with E-state index in [2.05, 4.69) is 28.2 Å². The summed E-state index contributed by atoms with van der Waals surface area (Å²) < 4.78 is 16.1. The number of hydrogen-bond donors (Lipinski definition) is 1. The number of unbranched alkanes of at least 4 members (excludes halogenated alkanes) is 14. The van der Waals surface area contributed by atoms with Crippen molar-refractivity contribution in [3.63, 3.8) is 0 Å². The Bertz CT molecular complexity index is 835. The average molecular weight is 655 g/mol. The van der Waals surface area contributed by atoms with Crippen LogP contribution in [0.3, 0.4) is 0 Å². The monoisotopic (exact) mass is 653 g/mol. The number of rotatable bonds is 25. The molecule has 42 heavy (non-hydrogen) atoms. The van der Waals surface area contributed by atoms with Crippen molar-refractivity contribution >= 4 is 34.0 Å². The lowest BCUT2D eigenvalue weighted by atomic mass is 10.0. The van der Waals surface area contributed by atoms with Crippen molar-refractivity contribution in [1.82, 2.24) is 5.32 Å². The van der Waals surface area contributed by atoms with Gasteiger partial charge in [-0.2, -0.15) is 0 Å². The minimum Gasteiger partial charge on any atom is -0.460 e. The van der Waals surface area contributed by atoms with Gasteiger partial charge in [-0.1, -0.05) is 157 Å². The molecule has 1 amide bonds. The van der Waals surface area contributed by atoms with Crippen molar-refractivity contribution in [1.29, 1.82) is 0 Å². The molecule has 0 bridgehead atoms. The molecule has 0 spiro atoms. The van der Waals surface area contributed by atoms with Gasteiger partial charge in [-0.25, -0.2) is 9.59 Å². The molecule has 0 heterocycles. The summed E-state index contributed by atoms with van der Waals surface area (Å²) >= 11 is 3.33. The molecule has 0 saturated carbocycles. The molecule has 0 radical (unpaired) electrons. The van der Waals surface area contributed by atoms with Crippen molar-refractivity contribution in [3.05, 3.63) is 35.9 Å². The molecule has 7 nitrogen and oxygen atoms in total. The summed E-state index contributed by atoms with van der Waals surface area (Å²) in [4.78, 5) is 37.2. The topological polar surface area (TPSA) is 90.9 Å². The van der Waals surface area contributed by atoms with E-state index in [1.807, 2.05) is 44.2 Å². The second kappa shape index (κ2) is 25.4. The molecule has 1 aromatic rings. The fourth-order valence-corrected chi connectivity index (χ4v) is 4.97. The summed E-state index contributed by atoms with van der Waals surface area (Å²) in [6.07, 6.45) is 18.2. The maximum absolute atomic E-state index is 12.7. The predicted octanol–water partition coefficient (Wildman–Crippen LogP) is 9.05. The van der Waals surface area contributed by atoms with Gasteiger partial charge in [-0.15, -0.1) is 0 Å². The third kappa shape index (κ3) is 19.9. The van der Waals surface area contributed by atoms with E-state index in [1.54, 1.807) is 0 Å². The number of benzene rings is 1. The maximum Gasteiger partial charge on any atom is 0.408 e. The lowest BCUT2D eigenvalue weighted by Crippen LogP contribution is -2.46. The van der Waals surface area contributed by atoms with E-state index < -0.39 is 24.2 Å². The van der Waals surface area contributed by atoms with Crippen LogP contribution in [0.5, 0.6) is 0 Å². The first-order valence-corrected chi connectivity index (χ1v) is 17.4. The number of esters is 2. The van der Waals surface area contributed by atoms with Crippen LogP contribution < -0.4 is 5.32 Å². The van der Waals surface area contributed by atoms with Gasteiger partial charge in [0.2, 0.25) is 0 Å². The zero-order valence-corrected chi connectivity index (χ0v) is 28.0. The molecule has 1 N–H and O–H groups in total. The Morgan fingerprint density at radius 2 is 1.29 bits per heavy atom. The standard InChI is InChI=1S/C34H56BrNO6/c1-4-5-6-7-8-9-10-11-12-13-14-15-16-17-21-24-31(37)42-30(25-35)27-40-33(38)32(28(2)3)36-34(39)41-26-29-22-19-18-20-23-29/h18-20,22-23,28,30,32H,4-17,21,24-27H2,1-3H3,(H,36,39)/t30?,32-/m0/s1. The molecule has 0 aromatic heterocycles. The fourth-order valence-electron chi connectivity index (χ4n) is 4.65. The number of hydrogen-bond acceptors (Lipinski definition) is 6. The van der Waals surface area contributed by atoms with Gasteiger partial charge in [0.1, 0.15) is 25.4 Å². The normalized spacial score (nSPS) is 12.5. The minimum atomic E-state index is -0.875. The van der Waals surface area contributed by atoms with Gasteiger partial charge in [0.15, 0.2) is 0 Å². The average Bonchev–Trinajstić information content (AvgIpc) is 2.99. The molecule has 1 aromatic carbocycles. The Labute approximate surface area is 263 Å². The lowest BCUT2D eigenvalue weighted by Gasteiger charge is -2.22. The Kier molecular flexibility index (Phi) is 23.0. The molecular formula is C34H56BrNO6. The smallest absolute Gasteiger partial charge is 0.408 e. The molecule has 0 aliphatic carbocycles.